The van der Waals surface area contributed by atoms with Crippen LogP contribution in [0.1, 0.15) is 33.8 Å². The van der Waals surface area contributed by atoms with Gasteiger partial charge in [0.15, 0.2) is 5.76 Å². The molecule has 1 aliphatic heterocycles. The summed E-state index contributed by atoms with van der Waals surface area (Å²) in [7, 11) is 1.53. The van der Waals surface area contributed by atoms with Crippen LogP contribution in [0, 0.1) is 0 Å². The molecule has 8 nitrogen and oxygen atoms in total. The average molecular weight is 419 g/mol. The number of methoxy groups -OCH3 is 1. The molecule has 0 bridgehead atoms. The van der Waals surface area contributed by atoms with E-state index >= 15 is 0 Å². The summed E-state index contributed by atoms with van der Waals surface area (Å²) >= 11 is 0. The Bertz CT molecular complexity index is 1110. The van der Waals surface area contributed by atoms with Gasteiger partial charge in [0.1, 0.15) is 5.75 Å². The van der Waals surface area contributed by atoms with E-state index in [9.17, 15) is 14.4 Å². The van der Waals surface area contributed by atoms with Crippen molar-refractivity contribution in [3.05, 3.63) is 72.2 Å². The number of nitrogens with one attached hydrogen (secondary N) is 2. The highest BCUT2D eigenvalue weighted by molar-refractivity contribution is 6.06. The fourth-order valence-electron chi connectivity index (χ4n) is 3.39. The van der Waals surface area contributed by atoms with E-state index in [2.05, 4.69) is 10.6 Å². The van der Waals surface area contributed by atoms with Gasteiger partial charge in [0, 0.05) is 36.0 Å². The van der Waals surface area contributed by atoms with Gasteiger partial charge in [-0.3, -0.25) is 14.4 Å². The Morgan fingerprint density at radius 2 is 1.74 bits per heavy atom. The van der Waals surface area contributed by atoms with E-state index in [4.69, 9.17) is 9.15 Å². The molecule has 2 aromatic carbocycles. The topological polar surface area (TPSA) is 101 Å². The molecule has 3 aromatic rings. The Labute approximate surface area is 178 Å². The van der Waals surface area contributed by atoms with Gasteiger partial charge in [-0.25, -0.2) is 0 Å². The number of furan rings is 1. The monoisotopic (exact) mass is 419 g/mol. The van der Waals surface area contributed by atoms with Gasteiger partial charge in [-0.1, -0.05) is 0 Å². The molecule has 158 valence electrons. The lowest BCUT2D eigenvalue weighted by Gasteiger charge is -2.19. The molecule has 1 saturated heterocycles. The number of amides is 3. The second-order valence-corrected chi connectivity index (χ2v) is 7.00. The molecule has 1 aliphatic rings. The second-order valence-electron chi connectivity index (χ2n) is 7.00. The molecule has 0 aliphatic carbocycles. The van der Waals surface area contributed by atoms with Crippen molar-refractivity contribution in [2.24, 2.45) is 0 Å². The number of hydrogen-bond acceptors (Lipinski definition) is 5. The maximum absolute atomic E-state index is 12.6. The fourth-order valence-corrected chi connectivity index (χ4v) is 3.39. The van der Waals surface area contributed by atoms with Gasteiger partial charge >= 0.3 is 0 Å². The first-order valence-corrected chi connectivity index (χ1v) is 9.80. The third-order valence-corrected chi connectivity index (χ3v) is 4.95. The van der Waals surface area contributed by atoms with Crippen LogP contribution in [0.5, 0.6) is 5.75 Å². The van der Waals surface area contributed by atoms with Crippen molar-refractivity contribution in [2.75, 3.05) is 29.2 Å². The Kier molecular flexibility index (Phi) is 5.70. The Morgan fingerprint density at radius 3 is 2.39 bits per heavy atom. The summed E-state index contributed by atoms with van der Waals surface area (Å²) in [4.78, 5) is 38.3. The number of carbonyl (C=O) groups is 3. The molecule has 4 rings (SSSR count). The van der Waals surface area contributed by atoms with E-state index in [1.807, 2.05) is 0 Å². The summed E-state index contributed by atoms with van der Waals surface area (Å²) in [5, 5.41) is 5.52. The van der Waals surface area contributed by atoms with Gasteiger partial charge < -0.3 is 24.7 Å². The van der Waals surface area contributed by atoms with Crippen LogP contribution in [0.2, 0.25) is 0 Å². The molecule has 31 heavy (non-hydrogen) atoms. The molecule has 2 heterocycles. The molecular formula is C23H21N3O5. The number of rotatable bonds is 6. The summed E-state index contributed by atoms with van der Waals surface area (Å²) < 4.78 is 10.5. The second kappa shape index (κ2) is 8.74. The van der Waals surface area contributed by atoms with Crippen LogP contribution in [0.4, 0.5) is 17.1 Å². The van der Waals surface area contributed by atoms with Crippen molar-refractivity contribution in [3.8, 4) is 5.75 Å². The van der Waals surface area contributed by atoms with Crippen LogP contribution in [-0.4, -0.2) is 31.4 Å². The minimum absolute atomic E-state index is 0.0642. The smallest absolute Gasteiger partial charge is 0.291 e. The Morgan fingerprint density at radius 1 is 1.00 bits per heavy atom. The summed E-state index contributed by atoms with van der Waals surface area (Å²) in [6, 6.07) is 14.9. The zero-order chi connectivity index (χ0) is 21.8. The lowest BCUT2D eigenvalue weighted by Crippen LogP contribution is -2.24. The highest BCUT2D eigenvalue weighted by Gasteiger charge is 2.24. The molecule has 3 amide bonds. The predicted octanol–water partition coefficient (Wildman–Crippen LogP) is 3.92. The first-order valence-electron chi connectivity index (χ1n) is 9.80. The third-order valence-electron chi connectivity index (χ3n) is 4.95. The lowest BCUT2D eigenvalue weighted by atomic mass is 10.1. The maximum atomic E-state index is 12.6. The molecule has 8 heteroatoms. The standard InChI is InChI=1S/C23H21N3O5/c1-30-20-14-17(10-11-18(20)26-12-2-5-21(26)27)25-22(28)15-6-8-16(9-7-15)24-23(29)19-4-3-13-31-19/h3-4,6-11,13-14H,2,5,12H2,1H3,(H,24,29)(H,25,28). The van der Waals surface area contributed by atoms with E-state index in [0.717, 1.165) is 6.42 Å². The number of anilines is 3. The summed E-state index contributed by atoms with van der Waals surface area (Å²) in [6.07, 6.45) is 2.77. The van der Waals surface area contributed by atoms with Gasteiger partial charge in [0.05, 0.1) is 19.1 Å². The molecule has 0 radical (unpaired) electrons. The van der Waals surface area contributed by atoms with Gasteiger partial charge in [0.25, 0.3) is 11.8 Å². The van der Waals surface area contributed by atoms with Crippen molar-refractivity contribution < 1.29 is 23.5 Å². The van der Waals surface area contributed by atoms with Crippen molar-refractivity contribution in [1.82, 2.24) is 0 Å². The van der Waals surface area contributed by atoms with E-state index in [-0.39, 0.29) is 23.5 Å². The van der Waals surface area contributed by atoms with Gasteiger partial charge in [-0.15, -0.1) is 0 Å². The van der Waals surface area contributed by atoms with Crippen molar-refractivity contribution in [2.45, 2.75) is 12.8 Å². The van der Waals surface area contributed by atoms with Crippen LogP contribution >= 0.6 is 0 Å². The molecular weight excluding hydrogens is 398 g/mol. The van der Waals surface area contributed by atoms with E-state index < -0.39 is 0 Å². The Hall–Kier alpha value is -4.07. The summed E-state index contributed by atoms with van der Waals surface area (Å²) in [5.41, 5.74) is 2.21. The van der Waals surface area contributed by atoms with Crippen molar-refractivity contribution in [1.29, 1.82) is 0 Å². The normalized spacial score (nSPS) is 13.2. The minimum Gasteiger partial charge on any atom is -0.494 e. The third kappa shape index (κ3) is 4.42. The predicted molar refractivity (Wildman–Crippen MR) is 116 cm³/mol. The van der Waals surface area contributed by atoms with E-state index in [1.54, 1.807) is 59.5 Å². The van der Waals surface area contributed by atoms with Crippen LogP contribution in [0.15, 0.2) is 65.3 Å². The minimum atomic E-state index is -0.370. The van der Waals surface area contributed by atoms with Crippen LogP contribution in [0.25, 0.3) is 0 Å². The first-order chi connectivity index (χ1) is 15.0. The average Bonchev–Trinajstić information content (AvgIpc) is 3.46. The number of benzene rings is 2. The zero-order valence-electron chi connectivity index (χ0n) is 16.9. The largest absolute Gasteiger partial charge is 0.494 e. The molecule has 1 aromatic heterocycles. The number of nitrogens with zero attached hydrogens (tertiary/aromatic N) is 1. The molecule has 0 spiro atoms. The number of ether oxygens (including phenoxy) is 1. The fraction of sp³-hybridized carbons (Fsp3) is 0.174. The number of carbonyl (C=O) groups excluding carboxylic acids is 3. The van der Waals surface area contributed by atoms with Crippen molar-refractivity contribution >= 4 is 34.8 Å². The molecule has 0 atom stereocenters. The molecule has 0 unspecified atom stereocenters. The summed E-state index contributed by atoms with van der Waals surface area (Å²) in [6.45, 7) is 0.656. The van der Waals surface area contributed by atoms with Crippen LogP contribution < -0.4 is 20.3 Å². The van der Waals surface area contributed by atoms with Crippen molar-refractivity contribution in [3.63, 3.8) is 0 Å². The highest BCUT2D eigenvalue weighted by Crippen LogP contribution is 2.34. The van der Waals surface area contributed by atoms with E-state index in [1.165, 1.54) is 13.4 Å². The van der Waals surface area contributed by atoms with Crippen LogP contribution in [0.3, 0.4) is 0 Å². The SMILES string of the molecule is COc1cc(NC(=O)c2ccc(NC(=O)c3ccco3)cc2)ccc1N1CCCC1=O. The maximum Gasteiger partial charge on any atom is 0.291 e. The molecule has 1 fully saturated rings. The van der Waals surface area contributed by atoms with Gasteiger partial charge in [-0.2, -0.15) is 0 Å². The zero-order valence-corrected chi connectivity index (χ0v) is 16.9. The molecule has 0 saturated carbocycles. The summed E-state index contributed by atoms with van der Waals surface area (Å²) in [5.74, 6) is 0.107. The highest BCUT2D eigenvalue weighted by atomic mass is 16.5. The van der Waals surface area contributed by atoms with Gasteiger partial charge in [-0.05, 0) is 55.0 Å². The lowest BCUT2D eigenvalue weighted by molar-refractivity contribution is -0.117. The molecule has 2 N–H and O–H groups in total. The Balaban J connectivity index is 1.43. The number of hydrogen-bond donors (Lipinski definition) is 2. The van der Waals surface area contributed by atoms with Crippen LogP contribution in [-0.2, 0) is 4.79 Å². The quantitative estimate of drug-likeness (QED) is 0.631. The van der Waals surface area contributed by atoms with E-state index in [0.29, 0.717) is 41.3 Å². The first kappa shape index (κ1) is 20.2. The van der Waals surface area contributed by atoms with Gasteiger partial charge in [0.2, 0.25) is 5.91 Å².